The van der Waals surface area contributed by atoms with E-state index >= 15 is 4.39 Å². The van der Waals surface area contributed by atoms with Crippen LogP contribution in [0.3, 0.4) is 0 Å². The minimum atomic E-state index is -0.708. The minimum Gasteiger partial charge on any atom is -0.457 e. The molecule has 8 nitrogen and oxygen atoms in total. The van der Waals surface area contributed by atoms with E-state index in [1.807, 2.05) is 30.3 Å². The third-order valence-electron chi connectivity index (χ3n) is 8.20. The number of likely N-dealkylation sites (tertiary alicyclic amines) is 1. The molecule has 41 heavy (non-hydrogen) atoms. The van der Waals surface area contributed by atoms with E-state index in [-0.39, 0.29) is 42.9 Å². The van der Waals surface area contributed by atoms with E-state index in [1.165, 1.54) is 11.0 Å². The van der Waals surface area contributed by atoms with E-state index < -0.39 is 11.9 Å². The van der Waals surface area contributed by atoms with E-state index in [9.17, 15) is 14.4 Å². The fourth-order valence-corrected chi connectivity index (χ4v) is 5.97. The van der Waals surface area contributed by atoms with Crippen molar-refractivity contribution in [3.8, 4) is 11.5 Å². The van der Waals surface area contributed by atoms with Crippen LogP contribution in [0, 0.1) is 12.4 Å². The van der Waals surface area contributed by atoms with E-state index in [0.29, 0.717) is 22.6 Å². The summed E-state index contributed by atoms with van der Waals surface area (Å²) in [7, 11) is 0. The highest BCUT2D eigenvalue weighted by Crippen LogP contribution is 2.36. The van der Waals surface area contributed by atoms with Crippen molar-refractivity contribution < 1.29 is 23.5 Å². The van der Waals surface area contributed by atoms with Crippen LogP contribution in [0.25, 0.3) is 4.85 Å². The van der Waals surface area contributed by atoms with Gasteiger partial charge in [-0.15, -0.1) is 0 Å². The summed E-state index contributed by atoms with van der Waals surface area (Å²) in [5.41, 5.74) is 3.41. The van der Waals surface area contributed by atoms with Crippen molar-refractivity contribution in [3.63, 3.8) is 0 Å². The second-order valence-corrected chi connectivity index (χ2v) is 10.8. The van der Waals surface area contributed by atoms with Crippen LogP contribution in [-0.4, -0.2) is 46.7 Å². The number of nitrogens with one attached hydrogen (secondary N) is 1. The fourth-order valence-electron chi connectivity index (χ4n) is 5.97. The average molecular weight is 553 g/mol. The number of imide groups is 1. The van der Waals surface area contributed by atoms with Crippen LogP contribution in [0.4, 0.5) is 10.1 Å². The molecule has 0 aliphatic carbocycles. The molecule has 3 amide bonds. The second kappa shape index (κ2) is 11.1. The van der Waals surface area contributed by atoms with Gasteiger partial charge >= 0.3 is 0 Å². The molecule has 2 saturated heterocycles. The number of ether oxygens (including phenoxy) is 1. The van der Waals surface area contributed by atoms with E-state index in [1.54, 1.807) is 24.3 Å². The molecule has 0 spiro atoms. The first-order valence-corrected chi connectivity index (χ1v) is 13.8. The summed E-state index contributed by atoms with van der Waals surface area (Å²) in [5, 5.41) is 2.30. The number of carbonyl (C=O) groups excluding carboxylic acids is 3. The van der Waals surface area contributed by atoms with Gasteiger partial charge in [0.15, 0.2) is 5.69 Å². The molecule has 1 N–H and O–H groups in total. The van der Waals surface area contributed by atoms with Gasteiger partial charge in [-0.05, 0) is 85.3 Å². The summed E-state index contributed by atoms with van der Waals surface area (Å²) in [6, 6.07) is 17.4. The first-order chi connectivity index (χ1) is 19.9. The fraction of sp³-hybridized carbons (Fsp3) is 0.312. The standard InChI is InChI=1S/C32H29FN4O4/c1-34-23-4-8-25(9-5-23)41-24-6-2-20(3-7-24)18-36-14-12-21(13-15-36)26-16-22-19-37(32(40)27(22)17-28(26)33)29-10-11-30(38)35-31(29)39/h2-9,16-17,21,29H,10-15,18-19H2,(H,35,38,39). The molecule has 0 saturated carbocycles. The molecule has 3 aromatic carbocycles. The molecule has 1 unspecified atom stereocenters. The lowest BCUT2D eigenvalue weighted by atomic mass is 9.87. The highest BCUT2D eigenvalue weighted by Gasteiger charge is 2.40. The second-order valence-electron chi connectivity index (χ2n) is 10.8. The largest absolute Gasteiger partial charge is 0.457 e. The van der Waals surface area contributed by atoms with Crippen molar-refractivity contribution in [1.29, 1.82) is 0 Å². The molecule has 0 bridgehead atoms. The summed E-state index contributed by atoms with van der Waals surface area (Å²) in [4.78, 5) is 44.0. The van der Waals surface area contributed by atoms with Crippen molar-refractivity contribution >= 4 is 23.4 Å². The number of benzene rings is 3. The Morgan fingerprint density at radius 1 is 0.951 bits per heavy atom. The van der Waals surface area contributed by atoms with Gasteiger partial charge in [-0.2, -0.15) is 0 Å². The van der Waals surface area contributed by atoms with Crippen LogP contribution in [-0.2, 0) is 22.7 Å². The number of hydrogen-bond donors (Lipinski definition) is 1. The number of amides is 3. The lowest BCUT2D eigenvalue weighted by Crippen LogP contribution is -2.52. The zero-order valence-corrected chi connectivity index (χ0v) is 22.4. The number of halogens is 1. The van der Waals surface area contributed by atoms with Gasteiger partial charge in [0.2, 0.25) is 11.8 Å². The molecule has 3 aliphatic heterocycles. The van der Waals surface area contributed by atoms with Crippen LogP contribution in [0.15, 0.2) is 60.7 Å². The topological polar surface area (TPSA) is 83.3 Å². The van der Waals surface area contributed by atoms with Gasteiger partial charge in [0.05, 0.1) is 6.57 Å². The number of piperidine rings is 2. The molecule has 2 fully saturated rings. The molecule has 1 atom stereocenters. The molecule has 3 aromatic rings. The third-order valence-corrected chi connectivity index (χ3v) is 8.20. The monoisotopic (exact) mass is 552 g/mol. The molecule has 208 valence electrons. The van der Waals surface area contributed by atoms with Gasteiger partial charge in [-0.25, -0.2) is 9.24 Å². The maximum atomic E-state index is 15.2. The summed E-state index contributed by atoms with van der Waals surface area (Å²) < 4.78 is 21.1. The SMILES string of the molecule is [C-]#[N+]c1ccc(Oc2ccc(CN3CCC(c4cc5c(cc4F)C(=O)N(C4CCC(=O)NC4=O)C5)CC3)cc2)cc1. The number of hydrogen-bond acceptors (Lipinski definition) is 5. The lowest BCUT2D eigenvalue weighted by molar-refractivity contribution is -0.136. The minimum absolute atomic E-state index is 0.0568. The number of rotatable bonds is 6. The predicted octanol–water partition coefficient (Wildman–Crippen LogP) is 5.31. The van der Waals surface area contributed by atoms with Gasteiger partial charge in [-0.1, -0.05) is 30.3 Å². The van der Waals surface area contributed by atoms with Crippen LogP contribution >= 0.6 is 0 Å². The van der Waals surface area contributed by atoms with Crippen LogP contribution < -0.4 is 10.1 Å². The molecule has 0 aromatic heterocycles. The Bertz CT molecular complexity index is 1540. The van der Waals surface area contributed by atoms with Gasteiger partial charge in [-0.3, -0.25) is 24.6 Å². The first-order valence-electron chi connectivity index (χ1n) is 13.8. The van der Waals surface area contributed by atoms with Crippen molar-refractivity contribution in [2.45, 2.75) is 50.7 Å². The van der Waals surface area contributed by atoms with Gasteiger partial charge in [0, 0.05) is 25.1 Å². The Morgan fingerprint density at radius 2 is 1.63 bits per heavy atom. The molecular weight excluding hydrogens is 523 g/mol. The molecular formula is C32H29FN4O4. The average Bonchev–Trinajstić information content (AvgIpc) is 3.29. The smallest absolute Gasteiger partial charge is 0.255 e. The molecule has 0 radical (unpaired) electrons. The van der Waals surface area contributed by atoms with E-state index in [4.69, 9.17) is 11.3 Å². The highest BCUT2D eigenvalue weighted by molar-refractivity contribution is 6.05. The van der Waals surface area contributed by atoms with Gasteiger partial charge in [0.25, 0.3) is 5.91 Å². The Balaban J connectivity index is 1.05. The maximum Gasteiger partial charge on any atom is 0.255 e. The maximum absolute atomic E-state index is 15.2. The number of nitrogens with zero attached hydrogens (tertiary/aromatic N) is 3. The highest BCUT2D eigenvalue weighted by atomic mass is 19.1. The molecule has 3 heterocycles. The zero-order chi connectivity index (χ0) is 28.5. The summed E-state index contributed by atoms with van der Waals surface area (Å²) in [6.45, 7) is 9.73. The molecule has 9 heteroatoms. The van der Waals surface area contributed by atoms with Crippen molar-refractivity contribution in [2.75, 3.05) is 13.1 Å². The molecule has 6 rings (SSSR count). The first kappa shape index (κ1) is 26.7. The quantitative estimate of drug-likeness (QED) is 0.331. The van der Waals surface area contributed by atoms with Crippen LogP contribution in [0.2, 0.25) is 0 Å². The summed E-state index contributed by atoms with van der Waals surface area (Å²) >= 11 is 0. The normalized spacial score (nSPS) is 19.6. The Labute approximate surface area is 237 Å². The Morgan fingerprint density at radius 3 is 2.29 bits per heavy atom. The lowest BCUT2D eigenvalue weighted by Gasteiger charge is -2.32. The Hall–Kier alpha value is -4.55. The van der Waals surface area contributed by atoms with Crippen LogP contribution in [0.5, 0.6) is 11.5 Å². The number of fused-ring (bicyclic) bond motifs is 1. The Kier molecular flexibility index (Phi) is 7.25. The number of carbonyl (C=O) groups is 3. The van der Waals surface area contributed by atoms with E-state index in [2.05, 4.69) is 15.1 Å². The van der Waals surface area contributed by atoms with Gasteiger partial charge in [0.1, 0.15) is 23.4 Å². The summed E-state index contributed by atoms with van der Waals surface area (Å²) in [6.07, 6.45) is 2.09. The van der Waals surface area contributed by atoms with E-state index in [0.717, 1.165) is 49.4 Å². The molecule has 3 aliphatic rings. The van der Waals surface area contributed by atoms with Crippen molar-refractivity contribution in [1.82, 2.24) is 15.1 Å². The summed E-state index contributed by atoms with van der Waals surface area (Å²) in [5.74, 6) is -0.0687. The van der Waals surface area contributed by atoms with Gasteiger partial charge < -0.3 is 9.64 Å². The third kappa shape index (κ3) is 5.56. The van der Waals surface area contributed by atoms with Crippen molar-refractivity contribution in [3.05, 3.63) is 100 Å². The van der Waals surface area contributed by atoms with Crippen molar-refractivity contribution in [2.24, 2.45) is 0 Å². The zero-order valence-electron chi connectivity index (χ0n) is 22.4. The van der Waals surface area contributed by atoms with Crippen LogP contribution in [0.1, 0.15) is 58.6 Å². The predicted molar refractivity (Wildman–Crippen MR) is 149 cm³/mol.